The van der Waals surface area contributed by atoms with Crippen LogP contribution in [0.1, 0.15) is 51.2 Å². The molecule has 21 heavy (non-hydrogen) atoms. The van der Waals surface area contributed by atoms with E-state index in [1.54, 1.807) is 7.11 Å². The van der Waals surface area contributed by atoms with Crippen LogP contribution in [0.15, 0.2) is 24.3 Å². The largest absolute Gasteiger partial charge is 0.497 e. The lowest BCUT2D eigenvalue weighted by atomic mass is 9.87. The van der Waals surface area contributed by atoms with Gasteiger partial charge in [0.1, 0.15) is 5.75 Å². The molecular formula is C18H29NO2. The van der Waals surface area contributed by atoms with Crippen LogP contribution in [0.4, 0.5) is 0 Å². The quantitative estimate of drug-likeness (QED) is 0.825. The Labute approximate surface area is 129 Å². The van der Waals surface area contributed by atoms with Gasteiger partial charge in [0.15, 0.2) is 0 Å². The lowest BCUT2D eigenvalue weighted by molar-refractivity contribution is -0.0562. The highest BCUT2D eigenvalue weighted by Gasteiger charge is 2.25. The Morgan fingerprint density at radius 3 is 2.52 bits per heavy atom. The van der Waals surface area contributed by atoms with Crippen molar-refractivity contribution in [3.63, 3.8) is 0 Å². The molecule has 1 aliphatic carbocycles. The van der Waals surface area contributed by atoms with Gasteiger partial charge < -0.3 is 14.8 Å². The van der Waals surface area contributed by atoms with E-state index >= 15 is 0 Å². The van der Waals surface area contributed by atoms with Crippen LogP contribution < -0.4 is 10.1 Å². The number of hydrogen-bond acceptors (Lipinski definition) is 3. The molecule has 3 nitrogen and oxygen atoms in total. The Hall–Kier alpha value is -1.06. The molecular weight excluding hydrogens is 262 g/mol. The summed E-state index contributed by atoms with van der Waals surface area (Å²) in [4.78, 5) is 0. The van der Waals surface area contributed by atoms with Crippen LogP contribution in [0.25, 0.3) is 0 Å². The van der Waals surface area contributed by atoms with Crippen LogP contribution in [0.3, 0.4) is 0 Å². The van der Waals surface area contributed by atoms with E-state index in [-0.39, 0.29) is 6.10 Å². The molecule has 0 heterocycles. The summed E-state index contributed by atoms with van der Waals surface area (Å²) in [6.45, 7) is 6.29. The molecule has 1 aromatic rings. The predicted molar refractivity (Wildman–Crippen MR) is 86.8 cm³/mol. The zero-order chi connectivity index (χ0) is 15.1. The number of nitrogens with one attached hydrogen (secondary N) is 1. The molecule has 118 valence electrons. The van der Waals surface area contributed by atoms with Gasteiger partial charge in [-0.1, -0.05) is 38.8 Å². The van der Waals surface area contributed by atoms with Crippen LogP contribution in [0.5, 0.6) is 5.75 Å². The summed E-state index contributed by atoms with van der Waals surface area (Å²) in [5.41, 5.74) is 1.23. The van der Waals surface area contributed by atoms with Gasteiger partial charge >= 0.3 is 0 Å². The van der Waals surface area contributed by atoms with E-state index in [4.69, 9.17) is 9.47 Å². The topological polar surface area (TPSA) is 30.5 Å². The molecule has 0 radical (unpaired) electrons. The number of likely N-dealkylation sites (N-methyl/N-ethyl adjacent to an activating group) is 1. The number of rotatable bonds is 7. The summed E-state index contributed by atoms with van der Waals surface area (Å²) in [7, 11) is 1.70. The molecule has 3 heteroatoms. The van der Waals surface area contributed by atoms with Crippen molar-refractivity contribution in [1.29, 1.82) is 0 Å². The van der Waals surface area contributed by atoms with Crippen molar-refractivity contribution >= 4 is 0 Å². The minimum absolute atomic E-state index is 0.126. The molecule has 1 aromatic carbocycles. The molecule has 2 rings (SSSR count). The van der Waals surface area contributed by atoms with Crippen molar-refractivity contribution in [2.45, 2.75) is 51.7 Å². The lowest BCUT2D eigenvalue weighted by Crippen LogP contribution is -2.31. The highest BCUT2D eigenvalue weighted by Crippen LogP contribution is 2.31. The molecule has 1 N–H and O–H groups in total. The third-order valence-corrected chi connectivity index (χ3v) is 4.44. The van der Waals surface area contributed by atoms with E-state index in [2.05, 4.69) is 31.3 Å². The van der Waals surface area contributed by atoms with Crippen molar-refractivity contribution in [3.8, 4) is 5.75 Å². The summed E-state index contributed by atoms with van der Waals surface area (Å²) in [6.07, 6.45) is 5.65. The zero-order valence-corrected chi connectivity index (χ0v) is 13.6. The fourth-order valence-corrected chi connectivity index (χ4v) is 3.03. The fourth-order valence-electron chi connectivity index (χ4n) is 3.03. The maximum absolute atomic E-state index is 6.46. The average Bonchev–Trinajstić information content (AvgIpc) is 2.53. The van der Waals surface area contributed by atoms with Gasteiger partial charge in [-0.05, 0) is 43.0 Å². The van der Waals surface area contributed by atoms with Gasteiger partial charge in [-0.2, -0.15) is 0 Å². The molecule has 0 amide bonds. The molecule has 0 saturated heterocycles. The Morgan fingerprint density at radius 1 is 1.19 bits per heavy atom. The minimum Gasteiger partial charge on any atom is -0.497 e. The first-order valence-corrected chi connectivity index (χ1v) is 8.24. The zero-order valence-electron chi connectivity index (χ0n) is 13.6. The van der Waals surface area contributed by atoms with Crippen molar-refractivity contribution in [2.75, 3.05) is 20.2 Å². The minimum atomic E-state index is 0.126. The Kier molecular flexibility index (Phi) is 6.52. The lowest BCUT2D eigenvalue weighted by Gasteiger charge is -2.32. The van der Waals surface area contributed by atoms with Crippen LogP contribution in [-0.4, -0.2) is 26.3 Å². The highest BCUT2D eigenvalue weighted by molar-refractivity contribution is 5.28. The van der Waals surface area contributed by atoms with Gasteiger partial charge in [0.25, 0.3) is 0 Å². The molecule has 1 fully saturated rings. The number of benzene rings is 1. The van der Waals surface area contributed by atoms with E-state index in [1.807, 2.05) is 12.1 Å². The van der Waals surface area contributed by atoms with Crippen molar-refractivity contribution in [3.05, 3.63) is 29.8 Å². The molecule has 1 aliphatic rings. The average molecular weight is 291 g/mol. The first kappa shape index (κ1) is 16.3. The number of hydrogen-bond donors (Lipinski definition) is 1. The van der Waals surface area contributed by atoms with E-state index in [0.717, 1.165) is 18.8 Å². The molecule has 0 bridgehead atoms. The van der Waals surface area contributed by atoms with E-state index in [1.165, 1.54) is 31.2 Å². The summed E-state index contributed by atoms with van der Waals surface area (Å²) in [5, 5.41) is 3.42. The third-order valence-electron chi connectivity index (χ3n) is 4.44. The first-order chi connectivity index (χ1) is 10.2. The molecule has 3 unspecified atom stereocenters. The summed E-state index contributed by atoms with van der Waals surface area (Å²) >= 11 is 0. The second kappa shape index (κ2) is 8.40. The van der Waals surface area contributed by atoms with Gasteiger partial charge in [-0.15, -0.1) is 0 Å². The van der Waals surface area contributed by atoms with Crippen molar-refractivity contribution < 1.29 is 9.47 Å². The number of ether oxygens (including phenoxy) is 2. The molecule has 0 aromatic heterocycles. The van der Waals surface area contributed by atoms with Crippen LogP contribution in [0.2, 0.25) is 0 Å². The van der Waals surface area contributed by atoms with E-state index < -0.39 is 0 Å². The predicted octanol–water partition coefficient (Wildman–Crippen LogP) is 3.94. The SMILES string of the molecule is CCNCC(OC1CCCCC1C)c1ccc(OC)cc1. The summed E-state index contributed by atoms with van der Waals surface area (Å²) in [5.74, 6) is 1.56. The van der Waals surface area contributed by atoms with E-state index in [9.17, 15) is 0 Å². The van der Waals surface area contributed by atoms with Gasteiger partial charge in [0.2, 0.25) is 0 Å². The summed E-state index contributed by atoms with van der Waals surface area (Å²) in [6, 6.07) is 8.27. The maximum Gasteiger partial charge on any atom is 0.118 e. The Balaban J connectivity index is 2.05. The van der Waals surface area contributed by atoms with Gasteiger partial charge in [0, 0.05) is 6.54 Å². The third kappa shape index (κ3) is 4.72. The van der Waals surface area contributed by atoms with Crippen molar-refractivity contribution in [2.24, 2.45) is 5.92 Å². The second-order valence-corrected chi connectivity index (χ2v) is 6.01. The van der Waals surface area contributed by atoms with Gasteiger partial charge in [-0.3, -0.25) is 0 Å². The Morgan fingerprint density at radius 2 is 1.90 bits per heavy atom. The van der Waals surface area contributed by atoms with Crippen LogP contribution >= 0.6 is 0 Å². The number of methoxy groups -OCH3 is 1. The molecule has 0 spiro atoms. The smallest absolute Gasteiger partial charge is 0.118 e. The summed E-state index contributed by atoms with van der Waals surface area (Å²) < 4.78 is 11.7. The van der Waals surface area contributed by atoms with E-state index in [0.29, 0.717) is 12.0 Å². The normalized spacial score (nSPS) is 23.8. The van der Waals surface area contributed by atoms with Crippen molar-refractivity contribution in [1.82, 2.24) is 5.32 Å². The maximum atomic E-state index is 6.46. The highest BCUT2D eigenvalue weighted by atomic mass is 16.5. The monoisotopic (exact) mass is 291 g/mol. The van der Waals surface area contributed by atoms with Crippen LogP contribution in [0, 0.1) is 5.92 Å². The fraction of sp³-hybridized carbons (Fsp3) is 0.667. The second-order valence-electron chi connectivity index (χ2n) is 6.01. The van der Waals surface area contributed by atoms with Gasteiger partial charge in [0.05, 0.1) is 19.3 Å². The van der Waals surface area contributed by atoms with Gasteiger partial charge in [-0.25, -0.2) is 0 Å². The first-order valence-electron chi connectivity index (χ1n) is 8.24. The Bertz CT molecular complexity index is 404. The molecule has 1 saturated carbocycles. The standard InChI is InChI=1S/C18H29NO2/c1-4-19-13-18(15-9-11-16(20-3)12-10-15)21-17-8-6-5-7-14(17)2/h9-12,14,17-19H,4-8,13H2,1-3H3. The van der Waals surface area contributed by atoms with Crippen LogP contribution in [-0.2, 0) is 4.74 Å². The molecule has 3 atom stereocenters. The molecule has 0 aliphatic heterocycles.